The number of amides is 2. The molecule has 0 bridgehead atoms. The minimum absolute atomic E-state index is 0.222. The van der Waals surface area contributed by atoms with Crippen molar-refractivity contribution >= 4 is 28.8 Å². The number of imide groups is 1. The van der Waals surface area contributed by atoms with Gasteiger partial charge in [0, 0.05) is 38.6 Å². The Hall–Kier alpha value is -3.23. The van der Waals surface area contributed by atoms with Crippen LogP contribution in [0.4, 0.5) is 13.2 Å². The molecule has 43 heavy (non-hydrogen) atoms. The van der Waals surface area contributed by atoms with Crippen LogP contribution in [0.2, 0.25) is 0 Å². The van der Waals surface area contributed by atoms with Crippen molar-refractivity contribution in [3.05, 3.63) is 34.2 Å². The summed E-state index contributed by atoms with van der Waals surface area (Å²) < 4.78 is 34.9. The molecule has 2 amide bonds. The Bertz CT molecular complexity index is 1370. The van der Waals surface area contributed by atoms with Gasteiger partial charge in [-0.2, -0.15) is 13.2 Å². The number of carbonyl (C=O) groups is 3. The van der Waals surface area contributed by atoms with Crippen molar-refractivity contribution in [2.75, 3.05) is 26.7 Å². The number of carboxylic acids is 1. The molecule has 0 spiro atoms. The van der Waals surface area contributed by atoms with Crippen molar-refractivity contribution < 1.29 is 32.7 Å². The fourth-order valence-corrected chi connectivity index (χ4v) is 6.44. The molecule has 11 nitrogen and oxygen atoms in total. The lowest BCUT2D eigenvalue weighted by Crippen LogP contribution is -2.45. The number of carbonyl (C=O) groups excluding carboxylic acids is 2. The number of carboxylic acid groups (broad SMARTS) is 1. The van der Waals surface area contributed by atoms with Gasteiger partial charge >= 0.3 is 17.8 Å². The maximum atomic E-state index is 13.0. The van der Waals surface area contributed by atoms with E-state index in [0.29, 0.717) is 18.5 Å². The quantitative estimate of drug-likeness (QED) is 0.423. The molecule has 2 saturated heterocycles. The number of rotatable bonds is 6. The zero-order valence-electron chi connectivity index (χ0n) is 24.6. The Morgan fingerprint density at radius 2 is 1.67 bits per heavy atom. The van der Waals surface area contributed by atoms with Crippen LogP contribution in [0, 0.1) is 5.92 Å². The highest BCUT2D eigenvalue weighted by molar-refractivity contribution is 6.00. The van der Waals surface area contributed by atoms with Crippen LogP contribution >= 0.6 is 0 Å². The molecule has 4 N–H and O–H groups in total. The number of nitrogens with two attached hydrogens (primary N) is 1. The lowest BCUT2D eigenvalue weighted by atomic mass is 9.86. The molecule has 1 aliphatic carbocycles. The van der Waals surface area contributed by atoms with Crippen molar-refractivity contribution in [3.8, 4) is 0 Å². The summed E-state index contributed by atoms with van der Waals surface area (Å²) in [6.45, 7) is 4.18. The number of likely N-dealkylation sites (tertiary alicyclic amines) is 1. The fraction of sp³-hybridized carbons (Fsp3) is 0.655. The number of hydrogen-bond donors (Lipinski definition) is 3. The number of piperidine rings is 2. The average molecular weight is 611 g/mol. The van der Waals surface area contributed by atoms with Gasteiger partial charge in [0.05, 0.1) is 11.0 Å². The normalized spacial score (nSPS) is 24.1. The number of benzene rings is 1. The van der Waals surface area contributed by atoms with E-state index in [-0.39, 0.29) is 18.0 Å². The van der Waals surface area contributed by atoms with Crippen LogP contribution in [0.15, 0.2) is 23.0 Å². The highest BCUT2D eigenvalue weighted by Crippen LogP contribution is 2.27. The number of nitrogens with zero attached hydrogens (tertiary/aromatic N) is 4. The predicted molar refractivity (Wildman–Crippen MR) is 153 cm³/mol. The first-order valence-electron chi connectivity index (χ1n) is 14.8. The Morgan fingerprint density at radius 3 is 2.26 bits per heavy atom. The summed E-state index contributed by atoms with van der Waals surface area (Å²) in [5.74, 6) is -2.64. The molecule has 238 valence electrons. The Morgan fingerprint density at radius 1 is 1.05 bits per heavy atom. The van der Waals surface area contributed by atoms with Crippen LogP contribution in [0.1, 0.15) is 63.0 Å². The largest absolute Gasteiger partial charge is 0.490 e. The second-order valence-corrected chi connectivity index (χ2v) is 12.0. The van der Waals surface area contributed by atoms with E-state index in [2.05, 4.69) is 34.3 Å². The van der Waals surface area contributed by atoms with Gasteiger partial charge in [-0.15, -0.1) is 0 Å². The minimum Gasteiger partial charge on any atom is -0.475 e. The van der Waals surface area contributed by atoms with E-state index >= 15 is 0 Å². The summed E-state index contributed by atoms with van der Waals surface area (Å²) >= 11 is 0. The van der Waals surface area contributed by atoms with Crippen LogP contribution < -0.4 is 16.7 Å². The third-order valence-corrected chi connectivity index (χ3v) is 8.94. The second-order valence-electron chi connectivity index (χ2n) is 12.0. The van der Waals surface area contributed by atoms with Crippen molar-refractivity contribution in [1.82, 2.24) is 24.3 Å². The van der Waals surface area contributed by atoms with Crippen LogP contribution in [0.3, 0.4) is 0 Å². The highest BCUT2D eigenvalue weighted by Gasteiger charge is 2.38. The predicted octanol–water partition coefficient (Wildman–Crippen LogP) is 2.36. The molecule has 0 radical (unpaired) electrons. The molecular weight excluding hydrogens is 569 g/mol. The zero-order valence-corrected chi connectivity index (χ0v) is 24.6. The van der Waals surface area contributed by atoms with Crippen LogP contribution in [-0.4, -0.2) is 86.8 Å². The Balaban J connectivity index is 0.000000541. The molecule has 3 aliphatic rings. The smallest absolute Gasteiger partial charge is 0.475 e. The molecule has 1 atom stereocenters. The number of aromatic nitrogens is 2. The van der Waals surface area contributed by atoms with E-state index in [9.17, 15) is 27.6 Å². The van der Waals surface area contributed by atoms with Gasteiger partial charge in [-0.25, -0.2) is 9.59 Å². The van der Waals surface area contributed by atoms with E-state index in [1.807, 2.05) is 6.07 Å². The van der Waals surface area contributed by atoms with Crippen molar-refractivity contribution in [3.63, 3.8) is 0 Å². The SMILES string of the molecule is CN(CC1CCC(N)CC1)C1CCN(Cc2ccc3c(c2)n(C)c(=O)n3C2CCC(=O)NC2=O)CC1.O=C(O)C(F)(F)F. The molecule has 3 heterocycles. The van der Waals surface area contributed by atoms with E-state index in [0.717, 1.165) is 36.6 Å². The van der Waals surface area contributed by atoms with Gasteiger partial charge in [-0.05, 0) is 88.7 Å². The molecular formula is C29H41F3N6O5. The third-order valence-electron chi connectivity index (χ3n) is 8.94. The molecule has 1 aromatic heterocycles. The maximum absolute atomic E-state index is 13.0. The van der Waals surface area contributed by atoms with Gasteiger partial charge in [-0.1, -0.05) is 6.07 Å². The molecule has 14 heteroatoms. The molecule has 2 aliphatic heterocycles. The number of aliphatic carboxylic acids is 1. The van der Waals surface area contributed by atoms with E-state index in [1.165, 1.54) is 50.6 Å². The van der Waals surface area contributed by atoms with Crippen molar-refractivity contribution in [2.45, 2.75) is 82.2 Å². The summed E-state index contributed by atoms with van der Waals surface area (Å²) in [5, 5.41) is 9.49. The van der Waals surface area contributed by atoms with Crippen LogP contribution in [-0.2, 0) is 28.0 Å². The van der Waals surface area contributed by atoms with Gasteiger partial charge in [0.15, 0.2) is 0 Å². The van der Waals surface area contributed by atoms with Gasteiger partial charge in [0.25, 0.3) is 0 Å². The maximum Gasteiger partial charge on any atom is 0.490 e. The fourth-order valence-electron chi connectivity index (χ4n) is 6.44. The summed E-state index contributed by atoms with van der Waals surface area (Å²) in [4.78, 5) is 51.0. The van der Waals surface area contributed by atoms with Gasteiger partial charge < -0.3 is 15.7 Å². The molecule has 1 unspecified atom stereocenters. The van der Waals surface area contributed by atoms with Gasteiger partial charge in [-0.3, -0.25) is 28.9 Å². The lowest BCUT2D eigenvalue weighted by Gasteiger charge is -2.39. The first kappa shape index (κ1) is 32.7. The topological polar surface area (TPSA) is 143 Å². The van der Waals surface area contributed by atoms with Crippen LogP contribution in [0.5, 0.6) is 0 Å². The molecule has 1 saturated carbocycles. The summed E-state index contributed by atoms with van der Waals surface area (Å²) in [7, 11) is 4.04. The van der Waals surface area contributed by atoms with Crippen molar-refractivity contribution in [2.24, 2.45) is 18.7 Å². The monoisotopic (exact) mass is 610 g/mol. The van der Waals surface area contributed by atoms with Crippen molar-refractivity contribution in [1.29, 1.82) is 0 Å². The number of nitrogens with one attached hydrogen (secondary N) is 1. The minimum atomic E-state index is -5.08. The first-order chi connectivity index (χ1) is 20.2. The third kappa shape index (κ3) is 8.03. The number of imidazole rings is 1. The summed E-state index contributed by atoms with van der Waals surface area (Å²) in [6.07, 6.45) is 2.74. The summed E-state index contributed by atoms with van der Waals surface area (Å²) in [6, 6.07) is 6.49. The lowest BCUT2D eigenvalue weighted by molar-refractivity contribution is -0.192. The number of hydrogen-bond acceptors (Lipinski definition) is 7. The number of fused-ring (bicyclic) bond motifs is 1. The van der Waals surface area contributed by atoms with E-state index in [1.54, 1.807) is 16.2 Å². The molecule has 5 rings (SSSR count). The second kappa shape index (κ2) is 13.6. The van der Waals surface area contributed by atoms with E-state index in [4.69, 9.17) is 15.6 Å². The standard InChI is InChI=1S/C27H40N6O3.C2HF3O2/c1-30(16-18-3-6-20(28)7-4-18)21-11-13-32(14-12-21)17-19-5-8-22-24(15-19)31(2)27(36)33(22)23-9-10-25(34)29-26(23)35;3-2(4,5)1(6)7/h5,8,15,18,20-21,23H,3-4,6-7,9-14,16-17,28H2,1-2H3,(H,29,34,35);(H,6,7). The van der Waals surface area contributed by atoms with E-state index < -0.39 is 24.1 Å². The zero-order chi connectivity index (χ0) is 31.5. The molecule has 3 fully saturated rings. The molecule has 1 aromatic carbocycles. The number of aryl methyl sites for hydroxylation is 1. The number of halogens is 3. The Kier molecular flexibility index (Phi) is 10.3. The highest BCUT2D eigenvalue weighted by atomic mass is 19.4. The molecule has 2 aromatic rings. The average Bonchev–Trinajstić information content (AvgIpc) is 3.19. The summed E-state index contributed by atoms with van der Waals surface area (Å²) in [5.41, 5.74) is 8.59. The Labute approximate surface area is 247 Å². The van der Waals surface area contributed by atoms with Crippen LogP contribution in [0.25, 0.3) is 11.0 Å². The van der Waals surface area contributed by atoms with Gasteiger partial charge in [0.2, 0.25) is 11.8 Å². The van der Waals surface area contributed by atoms with Gasteiger partial charge in [0.1, 0.15) is 6.04 Å². The first-order valence-corrected chi connectivity index (χ1v) is 14.8. The number of alkyl halides is 3.